The van der Waals surface area contributed by atoms with Crippen LogP contribution in [-0.2, 0) is 6.54 Å². The van der Waals surface area contributed by atoms with Crippen LogP contribution in [0.1, 0.15) is 10.7 Å². The Hall–Kier alpha value is -1.31. The fourth-order valence-electron chi connectivity index (χ4n) is 1.45. The molecule has 0 amide bonds. The largest absolute Gasteiger partial charge is 0.354 e. The zero-order valence-corrected chi connectivity index (χ0v) is 12.0. The van der Waals surface area contributed by atoms with E-state index in [1.165, 1.54) is 0 Å². The van der Waals surface area contributed by atoms with E-state index >= 15 is 0 Å². The maximum Gasteiger partial charge on any atom is 0.206 e. The average Bonchev–Trinajstić information content (AvgIpc) is 3.07. The summed E-state index contributed by atoms with van der Waals surface area (Å²) in [5.74, 6) is 0. The van der Waals surface area contributed by atoms with Crippen LogP contribution in [0.5, 0.6) is 0 Å². The zero-order valence-electron chi connectivity index (χ0n) is 9.58. The van der Waals surface area contributed by atoms with Crippen molar-refractivity contribution < 1.29 is 0 Å². The molecule has 0 radical (unpaired) electrons. The molecule has 92 valence electrons. The number of aryl methyl sites for hydroxylation is 1. The van der Waals surface area contributed by atoms with Crippen molar-refractivity contribution in [3.05, 3.63) is 33.6 Å². The third kappa shape index (κ3) is 2.58. The van der Waals surface area contributed by atoms with Gasteiger partial charge in [-0.15, -0.1) is 32.9 Å². The lowest BCUT2D eigenvalue weighted by Crippen LogP contribution is -1.99. The van der Waals surface area contributed by atoms with Gasteiger partial charge in [-0.3, -0.25) is 0 Å². The summed E-state index contributed by atoms with van der Waals surface area (Å²) in [6.45, 7) is 2.71. The van der Waals surface area contributed by atoms with Gasteiger partial charge in [0.25, 0.3) is 0 Å². The molecule has 0 aliphatic carbocycles. The predicted molar refractivity (Wildman–Crippen MR) is 77.4 cm³/mol. The fourth-order valence-corrected chi connectivity index (χ4v) is 3.59. The number of nitrogens with zero attached hydrogens (tertiary/aromatic N) is 3. The van der Waals surface area contributed by atoms with Crippen molar-refractivity contribution in [2.24, 2.45) is 0 Å². The third-order valence-corrected chi connectivity index (χ3v) is 4.99. The van der Waals surface area contributed by atoms with Gasteiger partial charge in [0.1, 0.15) is 0 Å². The minimum absolute atomic E-state index is 0.698. The van der Waals surface area contributed by atoms with E-state index in [1.807, 2.05) is 18.4 Å². The molecule has 0 aliphatic heterocycles. The van der Waals surface area contributed by atoms with Gasteiger partial charge in [0.15, 0.2) is 5.01 Å². The Kier molecular flexibility index (Phi) is 3.35. The van der Waals surface area contributed by atoms with Gasteiger partial charge in [0.2, 0.25) is 5.13 Å². The molecule has 4 nitrogen and oxygen atoms in total. The van der Waals surface area contributed by atoms with E-state index in [1.54, 1.807) is 34.0 Å². The van der Waals surface area contributed by atoms with Crippen molar-refractivity contribution in [1.82, 2.24) is 15.2 Å². The van der Waals surface area contributed by atoms with E-state index in [2.05, 4.69) is 31.9 Å². The molecule has 0 atom stereocenters. The lowest BCUT2D eigenvalue weighted by Gasteiger charge is -1.96. The van der Waals surface area contributed by atoms with Crippen LogP contribution in [0.25, 0.3) is 9.88 Å². The summed E-state index contributed by atoms with van der Waals surface area (Å²) in [7, 11) is 0. The molecule has 0 spiro atoms. The highest BCUT2D eigenvalue weighted by molar-refractivity contribution is 7.22. The summed E-state index contributed by atoms with van der Waals surface area (Å²) >= 11 is 4.91. The molecule has 1 N–H and O–H groups in total. The molecule has 3 heterocycles. The molecule has 3 aromatic heterocycles. The van der Waals surface area contributed by atoms with Crippen molar-refractivity contribution in [2.45, 2.75) is 13.5 Å². The van der Waals surface area contributed by atoms with Gasteiger partial charge in [-0.05, 0) is 18.4 Å². The highest BCUT2D eigenvalue weighted by atomic mass is 32.1. The second-order valence-corrected chi connectivity index (χ2v) is 6.59. The van der Waals surface area contributed by atoms with Crippen molar-refractivity contribution in [1.29, 1.82) is 0 Å². The van der Waals surface area contributed by atoms with Gasteiger partial charge in [0.05, 0.1) is 22.1 Å². The first kappa shape index (κ1) is 11.8. The number of nitrogens with one attached hydrogen (secondary N) is 1. The van der Waals surface area contributed by atoms with Crippen LogP contribution in [0.4, 0.5) is 5.13 Å². The second-order valence-electron chi connectivity index (χ2n) is 3.60. The van der Waals surface area contributed by atoms with Crippen molar-refractivity contribution >= 4 is 39.1 Å². The smallest absolute Gasteiger partial charge is 0.206 e. The average molecular weight is 294 g/mol. The zero-order chi connectivity index (χ0) is 12.4. The monoisotopic (exact) mass is 294 g/mol. The Morgan fingerprint density at radius 3 is 2.94 bits per heavy atom. The first-order chi connectivity index (χ1) is 8.81. The summed E-state index contributed by atoms with van der Waals surface area (Å²) in [6.07, 6.45) is 0. The van der Waals surface area contributed by atoms with Gasteiger partial charge < -0.3 is 5.32 Å². The van der Waals surface area contributed by atoms with Gasteiger partial charge in [-0.25, -0.2) is 4.98 Å². The topological polar surface area (TPSA) is 50.7 Å². The third-order valence-electron chi connectivity index (χ3n) is 2.24. The summed E-state index contributed by atoms with van der Waals surface area (Å²) in [5.41, 5.74) is 1.05. The molecule has 7 heteroatoms. The lowest BCUT2D eigenvalue weighted by molar-refractivity contribution is 1.02. The standard InChI is InChI=1S/C11H10N4S3/c1-7-13-8(6-17-7)5-12-11-15-14-10(18-11)9-3-2-4-16-9/h2-4,6H,5H2,1H3,(H,12,15). The first-order valence-electron chi connectivity index (χ1n) is 5.33. The van der Waals surface area contributed by atoms with Crippen LogP contribution in [-0.4, -0.2) is 15.2 Å². The van der Waals surface area contributed by atoms with E-state index in [-0.39, 0.29) is 0 Å². The molecule has 0 aromatic carbocycles. The van der Waals surface area contributed by atoms with E-state index in [4.69, 9.17) is 0 Å². The summed E-state index contributed by atoms with van der Waals surface area (Å²) in [4.78, 5) is 5.55. The molecule has 0 unspecified atom stereocenters. The second kappa shape index (κ2) is 5.13. The Morgan fingerprint density at radius 1 is 1.28 bits per heavy atom. The highest BCUT2D eigenvalue weighted by Gasteiger charge is 2.07. The molecular weight excluding hydrogens is 284 g/mol. The molecule has 0 saturated heterocycles. The molecule has 0 aliphatic rings. The van der Waals surface area contributed by atoms with Crippen LogP contribution >= 0.6 is 34.0 Å². The maximum absolute atomic E-state index is 4.40. The first-order valence-corrected chi connectivity index (χ1v) is 7.91. The SMILES string of the molecule is Cc1nc(CNc2nnc(-c3cccs3)s2)cs1. The van der Waals surface area contributed by atoms with Gasteiger partial charge in [-0.2, -0.15) is 0 Å². The van der Waals surface area contributed by atoms with Crippen LogP contribution in [0.2, 0.25) is 0 Å². The molecule has 0 bridgehead atoms. The van der Waals surface area contributed by atoms with E-state index < -0.39 is 0 Å². The van der Waals surface area contributed by atoms with Crippen LogP contribution in [0, 0.1) is 6.92 Å². The Balaban J connectivity index is 1.67. The van der Waals surface area contributed by atoms with Crippen molar-refractivity contribution in [2.75, 3.05) is 5.32 Å². The Labute approximate surface area is 116 Å². The van der Waals surface area contributed by atoms with Crippen LogP contribution in [0.15, 0.2) is 22.9 Å². The number of aromatic nitrogens is 3. The maximum atomic E-state index is 4.40. The van der Waals surface area contributed by atoms with E-state index in [9.17, 15) is 0 Å². The van der Waals surface area contributed by atoms with Crippen molar-refractivity contribution in [3.8, 4) is 9.88 Å². The number of hydrogen-bond donors (Lipinski definition) is 1. The van der Waals surface area contributed by atoms with Crippen LogP contribution < -0.4 is 5.32 Å². The molecule has 18 heavy (non-hydrogen) atoms. The fraction of sp³-hybridized carbons (Fsp3) is 0.182. The Morgan fingerprint density at radius 2 is 2.22 bits per heavy atom. The number of hydrogen-bond acceptors (Lipinski definition) is 7. The molecule has 3 rings (SSSR count). The normalized spacial score (nSPS) is 10.7. The molecule has 0 saturated carbocycles. The van der Waals surface area contributed by atoms with Crippen LogP contribution in [0.3, 0.4) is 0 Å². The summed E-state index contributed by atoms with van der Waals surface area (Å²) < 4.78 is 0. The quantitative estimate of drug-likeness (QED) is 0.798. The predicted octanol–water partition coefficient (Wildman–Crippen LogP) is 3.64. The summed E-state index contributed by atoms with van der Waals surface area (Å²) in [5, 5.41) is 18.5. The summed E-state index contributed by atoms with van der Waals surface area (Å²) in [6, 6.07) is 4.07. The number of rotatable bonds is 4. The van der Waals surface area contributed by atoms with E-state index in [0.717, 1.165) is 25.7 Å². The lowest BCUT2D eigenvalue weighted by atomic mass is 10.5. The molecular formula is C11H10N4S3. The van der Waals surface area contributed by atoms with Gasteiger partial charge in [0, 0.05) is 5.38 Å². The van der Waals surface area contributed by atoms with Gasteiger partial charge in [-0.1, -0.05) is 17.4 Å². The van der Waals surface area contributed by atoms with Crippen molar-refractivity contribution in [3.63, 3.8) is 0 Å². The minimum Gasteiger partial charge on any atom is -0.354 e. The molecule has 0 fully saturated rings. The number of thiazole rings is 1. The Bertz CT molecular complexity index is 626. The minimum atomic E-state index is 0.698. The molecule has 3 aromatic rings. The van der Waals surface area contributed by atoms with Gasteiger partial charge >= 0.3 is 0 Å². The van der Waals surface area contributed by atoms with E-state index in [0.29, 0.717) is 6.54 Å². The highest BCUT2D eigenvalue weighted by Crippen LogP contribution is 2.29. The number of anilines is 1. The number of thiophene rings is 1.